The second kappa shape index (κ2) is 5.45. The van der Waals surface area contributed by atoms with Crippen molar-refractivity contribution < 1.29 is 9.15 Å². The van der Waals surface area contributed by atoms with E-state index in [2.05, 4.69) is 15.3 Å². The van der Waals surface area contributed by atoms with Gasteiger partial charge in [0.05, 0.1) is 6.26 Å². The number of hydrogen-bond acceptors (Lipinski definition) is 5. The molecule has 0 saturated carbocycles. The lowest BCUT2D eigenvalue weighted by Gasteiger charge is -2.14. The predicted octanol–water partition coefficient (Wildman–Crippen LogP) is 2.18. The zero-order valence-corrected chi connectivity index (χ0v) is 9.88. The zero-order chi connectivity index (χ0) is 12.1. The lowest BCUT2D eigenvalue weighted by atomic mass is 10.2. The number of nitrogens with one attached hydrogen (secondary N) is 1. The third kappa shape index (κ3) is 3.04. The fourth-order valence-corrected chi connectivity index (χ4v) is 1.52. The minimum Gasteiger partial charge on any atom is -0.467 e. The third-order valence-electron chi connectivity index (χ3n) is 2.42. The van der Waals surface area contributed by atoms with E-state index in [1.54, 1.807) is 13.4 Å². The van der Waals surface area contributed by atoms with Crippen molar-refractivity contribution in [2.24, 2.45) is 0 Å². The first kappa shape index (κ1) is 11.6. The lowest BCUT2D eigenvalue weighted by molar-refractivity contribution is 0.0943. The van der Waals surface area contributed by atoms with E-state index in [-0.39, 0.29) is 6.10 Å². The van der Waals surface area contributed by atoms with Crippen LogP contribution in [0.1, 0.15) is 17.6 Å². The zero-order valence-electron chi connectivity index (χ0n) is 9.88. The number of furan rings is 1. The van der Waals surface area contributed by atoms with Crippen molar-refractivity contribution in [3.63, 3.8) is 0 Å². The van der Waals surface area contributed by atoms with Gasteiger partial charge in [0, 0.05) is 25.4 Å². The van der Waals surface area contributed by atoms with Crippen molar-refractivity contribution in [2.75, 3.05) is 19.0 Å². The molecule has 2 rings (SSSR count). The maximum atomic E-state index is 5.35. The van der Waals surface area contributed by atoms with Crippen molar-refractivity contribution in [3.05, 3.63) is 42.2 Å². The number of rotatable bonds is 5. The first-order chi connectivity index (χ1) is 8.29. The molecule has 0 fully saturated rings. The van der Waals surface area contributed by atoms with Gasteiger partial charge in [-0.15, -0.1) is 0 Å². The van der Waals surface area contributed by atoms with Gasteiger partial charge in [0.25, 0.3) is 0 Å². The Morgan fingerprint density at radius 1 is 1.47 bits per heavy atom. The summed E-state index contributed by atoms with van der Waals surface area (Å²) in [7, 11) is 1.65. The number of nitrogens with zero attached hydrogens (tertiary/aromatic N) is 2. The molecule has 17 heavy (non-hydrogen) atoms. The largest absolute Gasteiger partial charge is 0.467 e. The van der Waals surface area contributed by atoms with Gasteiger partial charge < -0.3 is 14.5 Å². The second-order valence-electron chi connectivity index (χ2n) is 3.67. The highest BCUT2D eigenvalue weighted by molar-refractivity contribution is 5.34. The molecule has 0 aliphatic rings. The van der Waals surface area contributed by atoms with E-state index in [9.17, 15) is 0 Å². The maximum Gasteiger partial charge on any atom is 0.134 e. The first-order valence-electron chi connectivity index (χ1n) is 5.38. The van der Waals surface area contributed by atoms with Crippen LogP contribution in [0.25, 0.3) is 0 Å². The number of anilines is 1. The summed E-state index contributed by atoms with van der Waals surface area (Å²) in [5.74, 6) is 1.58. The van der Waals surface area contributed by atoms with Gasteiger partial charge in [0.1, 0.15) is 24.0 Å². The van der Waals surface area contributed by atoms with Gasteiger partial charge in [-0.1, -0.05) is 0 Å². The Balaban J connectivity index is 1.97. The number of hydrogen-bond donors (Lipinski definition) is 1. The highest BCUT2D eigenvalue weighted by Gasteiger charge is 2.13. The smallest absolute Gasteiger partial charge is 0.134 e. The van der Waals surface area contributed by atoms with Crippen molar-refractivity contribution in [1.29, 1.82) is 0 Å². The van der Waals surface area contributed by atoms with Crippen LogP contribution in [0.4, 0.5) is 5.82 Å². The summed E-state index contributed by atoms with van der Waals surface area (Å²) in [6, 6.07) is 5.62. The Bertz CT molecular complexity index is 457. The second-order valence-corrected chi connectivity index (χ2v) is 3.67. The van der Waals surface area contributed by atoms with Crippen LogP contribution >= 0.6 is 0 Å². The van der Waals surface area contributed by atoms with Crippen molar-refractivity contribution in [2.45, 2.75) is 13.0 Å². The standard InChI is InChI=1S/C12H15N3O2/c1-9-6-12(15-8-14-9)13-7-11(16-2)10-4-3-5-17-10/h3-6,8,11H,7H2,1-2H3,(H,13,14,15). The van der Waals surface area contributed by atoms with E-state index < -0.39 is 0 Å². The number of methoxy groups -OCH3 is 1. The molecule has 0 aliphatic carbocycles. The van der Waals surface area contributed by atoms with E-state index in [1.165, 1.54) is 6.33 Å². The molecule has 5 heteroatoms. The Kier molecular flexibility index (Phi) is 3.72. The molecule has 0 aromatic carbocycles. The van der Waals surface area contributed by atoms with Crippen LogP contribution in [0, 0.1) is 6.92 Å². The lowest BCUT2D eigenvalue weighted by Crippen LogP contribution is -2.14. The quantitative estimate of drug-likeness (QED) is 0.857. The van der Waals surface area contributed by atoms with Gasteiger partial charge in [0.2, 0.25) is 0 Å². The molecule has 0 spiro atoms. The molecule has 0 bridgehead atoms. The monoisotopic (exact) mass is 233 g/mol. The summed E-state index contributed by atoms with van der Waals surface area (Å²) in [4.78, 5) is 8.15. The van der Waals surface area contributed by atoms with Crippen LogP contribution in [-0.2, 0) is 4.74 Å². The molecule has 0 saturated heterocycles. The minimum absolute atomic E-state index is 0.125. The summed E-state index contributed by atoms with van der Waals surface area (Å²) in [6.45, 7) is 2.52. The fraction of sp³-hybridized carbons (Fsp3) is 0.333. The van der Waals surface area contributed by atoms with Crippen LogP contribution in [-0.4, -0.2) is 23.6 Å². The van der Waals surface area contributed by atoms with Crippen LogP contribution in [0.5, 0.6) is 0 Å². The van der Waals surface area contributed by atoms with Gasteiger partial charge in [-0.2, -0.15) is 0 Å². The topological polar surface area (TPSA) is 60.2 Å². The maximum absolute atomic E-state index is 5.35. The van der Waals surface area contributed by atoms with Gasteiger partial charge in [-0.25, -0.2) is 9.97 Å². The van der Waals surface area contributed by atoms with E-state index in [1.807, 2.05) is 25.1 Å². The van der Waals surface area contributed by atoms with E-state index in [0.717, 1.165) is 17.3 Å². The Morgan fingerprint density at radius 2 is 2.35 bits per heavy atom. The van der Waals surface area contributed by atoms with Gasteiger partial charge in [-0.3, -0.25) is 0 Å². The average molecular weight is 233 g/mol. The molecule has 0 radical (unpaired) electrons. The molecule has 2 aromatic heterocycles. The van der Waals surface area contributed by atoms with Crippen LogP contribution < -0.4 is 5.32 Å². The number of ether oxygens (including phenoxy) is 1. The van der Waals surface area contributed by atoms with Gasteiger partial charge in [-0.05, 0) is 19.1 Å². The van der Waals surface area contributed by atoms with Gasteiger partial charge in [0.15, 0.2) is 0 Å². The minimum atomic E-state index is -0.125. The molecular formula is C12H15N3O2. The summed E-state index contributed by atoms with van der Waals surface area (Å²) >= 11 is 0. The summed E-state index contributed by atoms with van der Waals surface area (Å²) in [6.07, 6.45) is 3.04. The van der Waals surface area contributed by atoms with Crippen molar-refractivity contribution >= 4 is 5.82 Å². The SMILES string of the molecule is COC(CNc1cc(C)ncn1)c1ccco1. The van der Waals surface area contributed by atoms with Gasteiger partial charge >= 0.3 is 0 Å². The molecule has 1 atom stereocenters. The third-order valence-corrected chi connectivity index (χ3v) is 2.42. The highest BCUT2D eigenvalue weighted by Crippen LogP contribution is 2.17. The van der Waals surface area contributed by atoms with E-state index in [0.29, 0.717) is 6.54 Å². The fourth-order valence-electron chi connectivity index (χ4n) is 1.52. The molecule has 90 valence electrons. The number of aromatic nitrogens is 2. The van der Waals surface area contributed by atoms with Crippen LogP contribution in [0.2, 0.25) is 0 Å². The molecule has 0 amide bonds. The number of aryl methyl sites for hydroxylation is 1. The van der Waals surface area contributed by atoms with E-state index in [4.69, 9.17) is 9.15 Å². The first-order valence-corrected chi connectivity index (χ1v) is 5.38. The average Bonchev–Trinajstić information content (AvgIpc) is 2.84. The predicted molar refractivity (Wildman–Crippen MR) is 63.7 cm³/mol. The summed E-state index contributed by atoms with van der Waals surface area (Å²) < 4.78 is 10.6. The Morgan fingerprint density at radius 3 is 3.00 bits per heavy atom. The van der Waals surface area contributed by atoms with Crippen molar-refractivity contribution in [3.8, 4) is 0 Å². The van der Waals surface area contributed by atoms with E-state index >= 15 is 0 Å². The molecule has 0 aliphatic heterocycles. The summed E-state index contributed by atoms with van der Waals surface area (Å²) in [5.41, 5.74) is 0.925. The molecular weight excluding hydrogens is 218 g/mol. The highest BCUT2D eigenvalue weighted by atomic mass is 16.5. The van der Waals surface area contributed by atoms with Crippen LogP contribution in [0.3, 0.4) is 0 Å². The molecule has 2 aromatic rings. The Labute approximate surface area is 99.8 Å². The Hall–Kier alpha value is -1.88. The molecule has 1 N–H and O–H groups in total. The summed E-state index contributed by atoms with van der Waals surface area (Å²) in [5, 5.41) is 3.19. The molecule has 5 nitrogen and oxygen atoms in total. The van der Waals surface area contributed by atoms with Crippen LogP contribution in [0.15, 0.2) is 35.2 Å². The molecule has 1 unspecified atom stereocenters. The molecule has 2 heterocycles. The van der Waals surface area contributed by atoms with Crippen molar-refractivity contribution in [1.82, 2.24) is 9.97 Å². The normalized spacial score (nSPS) is 12.4.